The van der Waals surface area contributed by atoms with Gasteiger partial charge in [-0.05, 0) is 44.2 Å². The number of hydrogen-bond acceptors (Lipinski definition) is 4. The van der Waals surface area contributed by atoms with E-state index in [0.29, 0.717) is 11.8 Å². The Hall–Kier alpha value is -1.10. The summed E-state index contributed by atoms with van der Waals surface area (Å²) < 4.78 is 11.2. The van der Waals surface area contributed by atoms with Gasteiger partial charge in [0.15, 0.2) is 0 Å². The zero-order chi connectivity index (χ0) is 15.8. The molecule has 0 aliphatic rings. The fraction of sp³-hybridized carbons (Fsp3) is 0.733. The quantitative estimate of drug-likeness (QED) is 0.353. The van der Waals surface area contributed by atoms with Crippen molar-refractivity contribution in [3.8, 4) is 0 Å². The Labute approximate surface area is 125 Å². The highest BCUT2D eigenvalue weighted by atomic mass is 28.4. The first-order valence-electron chi connectivity index (χ1n) is 7.25. The molecule has 0 aromatic heterocycles. The van der Waals surface area contributed by atoms with Gasteiger partial charge >= 0.3 is 8.56 Å². The molecular weight excluding hydrogens is 268 g/mol. The topological polar surface area (TPSA) is 43.2 Å². The lowest BCUT2D eigenvalue weighted by Gasteiger charge is -2.18. The molecule has 0 rings (SSSR count). The van der Waals surface area contributed by atoms with E-state index >= 15 is 0 Å². The van der Waals surface area contributed by atoms with Crippen LogP contribution in [-0.2, 0) is 9.05 Å². The molecule has 0 radical (unpaired) electrons. The second-order valence-electron chi connectivity index (χ2n) is 6.25. The van der Waals surface area contributed by atoms with Crippen LogP contribution in [0.2, 0.25) is 6.55 Å². The summed E-state index contributed by atoms with van der Waals surface area (Å²) >= 11 is 0. The molecule has 0 fully saturated rings. The summed E-state index contributed by atoms with van der Waals surface area (Å²) in [7, 11) is -2.56. The van der Waals surface area contributed by atoms with E-state index in [4.69, 9.17) is 9.05 Å². The van der Waals surface area contributed by atoms with Crippen LogP contribution in [-0.4, -0.2) is 20.0 Å². The van der Waals surface area contributed by atoms with Crippen molar-refractivity contribution in [3.05, 3.63) is 12.3 Å². The largest absolute Gasteiger partial charge is 0.531 e. The monoisotopic (exact) mass is 298 g/mol. The average molecular weight is 299 g/mol. The Kier molecular flexibility index (Phi) is 8.45. The zero-order valence-electron chi connectivity index (χ0n) is 14.1. The summed E-state index contributed by atoms with van der Waals surface area (Å²) in [6, 6.07) is 0. The van der Waals surface area contributed by atoms with E-state index < -0.39 is 8.56 Å². The lowest BCUT2D eigenvalue weighted by molar-refractivity contribution is 0.196. The molecule has 5 heteroatoms. The summed E-state index contributed by atoms with van der Waals surface area (Å²) in [5, 5.41) is 8.32. The summed E-state index contributed by atoms with van der Waals surface area (Å²) in [6.07, 6.45) is 1.83. The normalized spacial score (nSPS) is 13.8. The van der Waals surface area contributed by atoms with E-state index in [9.17, 15) is 0 Å². The molecule has 0 aliphatic carbocycles. The SMILES string of the molecule is C=C[Si](C)(O/N=C(/C)CC(C)C)O/N=C(/C)CC(C)C. The van der Waals surface area contributed by atoms with Gasteiger partial charge in [0.05, 0.1) is 11.4 Å². The van der Waals surface area contributed by atoms with Gasteiger partial charge in [-0.2, -0.15) is 0 Å². The first kappa shape index (κ1) is 18.9. The zero-order valence-corrected chi connectivity index (χ0v) is 15.1. The molecule has 20 heavy (non-hydrogen) atoms. The minimum absolute atomic E-state index is 0.561. The highest BCUT2D eigenvalue weighted by molar-refractivity contribution is 6.71. The Morgan fingerprint density at radius 2 is 1.35 bits per heavy atom. The molecule has 0 bridgehead atoms. The van der Waals surface area contributed by atoms with Gasteiger partial charge in [0.2, 0.25) is 0 Å². The Morgan fingerprint density at radius 3 is 1.60 bits per heavy atom. The number of hydrogen-bond donors (Lipinski definition) is 0. The third kappa shape index (κ3) is 8.91. The Bertz CT molecular complexity index is 335. The number of nitrogens with zero attached hydrogens (tertiary/aromatic N) is 2. The minimum Gasteiger partial charge on any atom is -0.404 e. The average Bonchev–Trinajstić information content (AvgIpc) is 2.32. The molecule has 0 amide bonds. The molecule has 0 saturated carbocycles. The van der Waals surface area contributed by atoms with Crippen molar-refractivity contribution >= 4 is 20.0 Å². The molecule has 0 N–H and O–H groups in total. The standard InChI is InChI=1S/C15H30N2O2Si/c1-9-20(8,18-16-14(6)10-12(2)3)19-17-15(7)11-13(4)5/h9,12-13H,1,10-11H2,2-8H3/b16-14-,17-15-. The van der Waals surface area contributed by atoms with E-state index in [-0.39, 0.29) is 0 Å². The van der Waals surface area contributed by atoms with Crippen molar-refractivity contribution in [2.75, 3.05) is 0 Å². The molecule has 0 aliphatic heterocycles. The maximum absolute atomic E-state index is 5.58. The fourth-order valence-corrected chi connectivity index (χ4v) is 2.54. The molecule has 116 valence electrons. The molecular formula is C15H30N2O2Si. The van der Waals surface area contributed by atoms with Crippen LogP contribution in [0.5, 0.6) is 0 Å². The second kappa shape index (κ2) is 8.95. The third-order valence-corrected chi connectivity index (χ3v) is 4.19. The molecule has 0 atom stereocenters. The molecule has 0 aromatic rings. The summed E-state index contributed by atoms with van der Waals surface area (Å²) in [5.74, 6) is 1.12. The number of rotatable bonds is 9. The van der Waals surface area contributed by atoms with E-state index in [1.54, 1.807) is 5.70 Å². The van der Waals surface area contributed by atoms with Gasteiger partial charge in [-0.25, -0.2) is 0 Å². The first-order chi connectivity index (χ1) is 9.18. The number of oxime groups is 2. The molecule has 0 spiro atoms. The van der Waals surface area contributed by atoms with Crippen molar-refractivity contribution in [1.29, 1.82) is 0 Å². The maximum atomic E-state index is 5.58. The van der Waals surface area contributed by atoms with Gasteiger partial charge < -0.3 is 9.05 Å². The molecule has 0 aromatic carbocycles. The van der Waals surface area contributed by atoms with E-state index in [1.807, 2.05) is 20.4 Å². The predicted molar refractivity (Wildman–Crippen MR) is 89.1 cm³/mol. The van der Waals surface area contributed by atoms with Crippen LogP contribution >= 0.6 is 0 Å². The maximum Gasteiger partial charge on any atom is 0.531 e. The van der Waals surface area contributed by atoms with E-state index in [1.165, 1.54) is 0 Å². The van der Waals surface area contributed by atoms with Gasteiger partial charge in [-0.15, -0.1) is 16.9 Å². The van der Waals surface area contributed by atoms with Crippen LogP contribution in [0, 0.1) is 11.8 Å². The fourth-order valence-electron chi connectivity index (χ4n) is 1.68. The van der Waals surface area contributed by atoms with E-state index in [0.717, 1.165) is 24.3 Å². The van der Waals surface area contributed by atoms with Gasteiger partial charge in [-0.1, -0.05) is 27.7 Å². The van der Waals surface area contributed by atoms with Crippen LogP contribution < -0.4 is 0 Å². The van der Waals surface area contributed by atoms with Gasteiger partial charge in [-0.3, -0.25) is 0 Å². The van der Waals surface area contributed by atoms with Crippen molar-refractivity contribution in [1.82, 2.24) is 0 Å². The van der Waals surface area contributed by atoms with Crippen molar-refractivity contribution < 1.29 is 9.05 Å². The Morgan fingerprint density at radius 1 is 1.00 bits per heavy atom. The summed E-state index contributed by atoms with van der Waals surface area (Å²) in [4.78, 5) is 0. The van der Waals surface area contributed by atoms with Gasteiger partial charge in [0.1, 0.15) is 0 Å². The molecule has 0 saturated heterocycles. The summed E-state index contributed by atoms with van der Waals surface area (Å²) in [6.45, 7) is 18.2. The van der Waals surface area contributed by atoms with E-state index in [2.05, 4.69) is 44.6 Å². The Balaban J connectivity index is 4.58. The van der Waals surface area contributed by atoms with Crippen molar-refractivity contribution in [3.63, 3.8) is 0 Å². The second-order valence-corrected chi connectivity index (χ2v) is 9.06. The van der Waals surface area contributed by atoms with Crippen molar-refractivity contribution in [2.24, 2.45) is 22.1 Å². The molecule has 0 heterocycles. The summed E-state index contributed by atoms with van der Waals surface area (Å²) in [5.41, 5.74) is 3.63. The van der Waals surface area contributed by atoms with Gasteiger partial charge in [0.25, 0.3) is 0 Å². The van der Waals surface area contributed by atoms with Gasteiger partial charge in [0, 0.05) is 6.55 Å². The van der Waals surface area contributed by atoms with Crippen LogP contribution in [0.3, 0.4) is 0 Å². The van der Waals surface area contributed by atoms with Crippen molar-refractivity contribution in [2.45, 2.75) is 60.9 Å². The van der Waals surface area contributed by atoms with Crippen LogP contribution in [0.25, 0.3) is 0 Å². The minimum atomic E-state index is -2.56. The first-order valence-corrected chi connectivity index (χ1v) is 9.64. The van der Waals surface area contributed by atoms with Crippen LogP contribution in [0.15, 0.2) is 22.6 Å². The lowest BCUT2D eigenvalue weighted by Crippen LogP contribution is -2.33. The van der Waals surface area contributed by atoms with Crippen LogP contribution in [0.1, 0.15) is 54.4 Å². The van der Waals surface area contributed by atoms with Crippen LogP contribution in [0.4, 0.5) is 0 Å². The third-order valence-electron chi connectivity index (χ3n) is 2.54. The highest BCUT2D eigenvalue weighted by Gasteiger charge is 2.33. The molecule has 4 nitrogen and oxygen atoms in total. The smallest absolute Gasteiger partial charge is 0.404 e. The highest BCUT2D eigenvalue weighted by Crippen LogP contribution is 2.12. The molecule has 0 unspecified atom stereocenters. The predicted octanol–water partition coefficient (Wildman–Crippen LogP) is 4.66. The lowest BCUT2D eigenvalue weighted by atomic mass is 10.1.